The molecule has 0 aromatic heterocycles. The van der Waals surface area contributed by atoms with Crippen molar-refractivity contribution >= 4 is 28.7 Å². The third kappa shape index (κ3) is 5.01. The summed E-state index contributed by atoms with van der Waals surface area (Å²) in [5, 5.41) is 16.0. The van der Waals surface area contributed by atoms with Gasteiger partial charge < -0.3 is 25.5 Å². The summed E-state index contributed by atoms with van der Waals surface area (Å²) in [4.78, 5) is 17.1. The van der Waals surface area contributed by atoms with E-state index in [4.69, 9.17) is 0 Å². The fraction of sp³-hybridized carbons (Fsp3) is 0.435. The van der Waals surface area contributed by atoms with Crippen molar-refractivity contribution in [2.45, 2.75) is 31.8 Å². The van der Waals surface area contributed by atoms with Crippen LogP contribution in [0, 0.1) is 0 Å². The van der Waals surface area contributed by atoms with Crippen molar-refractivity contribution < 1.29 is 9.90 Å². The van der Waals surface area contributed by atoms with E-state index in [-0.39, 0.29) is 18.6 Å². The lowest BCUT2D eigenvalue weighted by Gasteiger charge is -2.32. The molecule has 29 heavy (non-hydrogen) atoms. The molecule has 4 rings (SSSR count). The largest absolute Gasteiger partial charge is 0.393 e. The van der Waals surface area contributed by atoms with E-state index in [0.29, 0.717) is 0 Å². The van der Waals surface area contributed by atoms with E-state index in [9.17, 15) is 9.90 Å². The maximum absolute atomic E-state index is 12.4. The van der Waals surface area contributed by atoms with Crippen molar-refractivity contribution in [3.05, 3.63) is 48.5 Å². The van der Waals surface area contributed by atoms with Crippen LogP contribution in [0.5, 0.6) is 0 Å². The zero-order valence-electron chi connectivity index (χ0n) is 16.8. The van der Waals surface area contributed by atoms with Crippen molar-refractivity contribution in [3.63, 3.8) is 0 Å². The maximum atomic E-state index is 12.4. The average Bonchev–Trinajstić information content (AvgIpc) is 3.29. The molecule has 6 nitrogen and oxygen atoms in total. The number of hydrogen-bond donors (Lipinski definition) is 3. The van der Waals surface area contributed by atoms with Crippen molar-refractivity contribution in [1.82, 2.24) is 0 Å². The Bertz CT molecular complexity index is 810. The number of rotatable bonds is 6. The summed E-state index contributed by atoms with van der Waals surface area (Å²) in [5.74, 6) is -0.0669. The lowest BCUT2D eigenvalue weighted by atomic mass is 10.1. The molecular formula is C23H30N4O2. The molecule has 154 valence electrons. The number of carbonyl (C=O) groups is 1. The molecule has 0 unspecified atom stereocenters. The molecule has 0 atom stereocenters. The van der Waals surface area contributed by atoms with Crippen LogP contribution < -0.4 is 20.4 Å². The van der Waals surface area contributed by atoms with Gasteiger partial charge in [0.05, 0.1) is 24.0 Å². The molecule has 2 aromatic rings. The standard InChI is InChI=1S/C23H30N4O2/c28-20-11-15-27(16-12-20)22-6-2-1-5-21(22)24-17-23(29)25-18-7-9-19(10-8-18)26-13-3-4-14-26/h1-2,5-10,20,24,28H,3-4,11-17H2,(H,25,29). The van der Waals surface area contributed by atoms with Gasteiger partial charge in [0.25, 0.3) is 0 Å². The van der Waals surface area contributed by atoms with E-state index < -0.39 is 0 Å². The van der Waals surface area contributed by atoms with E-state index in [1.165, 1.54) is 18.5 Å². The number of nitrogens with one attached hydrogen (secondary N) is 2. The van der Waals surface area contributed by atoms with Gasteiger partial charge in [-0.3, -0.25) is 4.79 Å². The predicted octanol–water partition coefficient (Wildman–Crippen LogP) is 3.30. The Morgan fingerprint density at radius 3 is 2.34 bits per heavy atom. The van der Waals surface area contributed by atoms with Gasteiger partial charge in [0.2, 0.25) is 5.91 Å². The first-order valence-corrected chi connectivity index (χ1v) is 10.6. The molecular weight excluding hydrogens is 364 g/mol. The van der Waals surface area contributed by atoms with Crippen LogP contribution in [0.1, 0.15) is 25.7 Å². The van der Waals surface area contributed by atoms with E-state index in [0.717, 1.165) is 56.1 Å². The molecule has 1 amide bonds. The zero-order valence-corrected chi connectivity index (χ0v) is 16.8. The van der Waals surface area contributed by atoms with Crippen molar-refractivity contribution in [2.24, 2.45) is 0 Å². The SMILES string of the molecule is O=C(CNc1ccccc1N1CCC(O)CC1)Nc1ccc(N2CCCC2)cc1. The van der Waals surface area contributed by atoms with Gasteiger partial charge in [0, 0.05) is 37.6 Å². The number of aliphatic hydroxyl groups is 1. The molecule has 0 saturated carbocycles. The number of hydrogen-bond acceptors (Lipinski definition) is 5. The van der Waals surface area contributed by atoms with Gasteiger partial charge in [0.1, 0.15) is 0 Å². The van der Waals surface area contributed by atoms with Crippen LogP contribution >= 0.6 is 0 Å². The third-order valence-electron chi connectivity index (χ3n) is 5.77. The Hall–Kier alpha value is -2.73. The molecule has 2 aliphatic rings. The average molecular weight is 395 g/mol. The number of benzene rings is 2. The van der Waals surface area contributed by atoms with Crippen LogP contribution in [-0.2, 0) is 4.79 Å². The summed E-state index contributed by atoms with van der Waals surface area (Å²) in [6.45, 7) is 4.10. The van der Waals surface area contributed by atoms with E-state index in [1.54, 1.807) is 0 Å². The Morgan fingerprint density at radius 2 is 1.62 bits per heavy atom. The predicted molar refractivity (Wildman–Crippen MR) is 119 cm³/mol. The molecule has 3 N–H and O–H groups in total. The van der Waals surface area contributed by atoms with Crippen LogP contribution in [-0.4, -0.2) is 49.8 Å². The number of aliphatic hydroxyl groups excluding tert-OH is 1. The molecule has 2 heterocycles. The highest BCUT2D eigenvalue weighted by atomic mass is 16.3. The highest BCUT2D eigenvalue weighted by Crippen LogP contribution is 2.28. The van der Waals surface area contributed by atoms with Crippen molar-refractivity contribution in [2.75, 3.05) is 53.2 Å². The van der Waals surface area contributed by atoms with Gasteiger partial charge in [-0.1, -0.05) is 12.1 Å². The maximum Gasteiger partial charge on any atom is 0.243 e. The number of anilines is 4. The van der Waals surface area contributed by atoms with Gasteiger partial charge >= 0.3 is 0 Å². The van der Waals surface area contributed by atoms with Crippen LogP contribution in [0.2, 0.25) is 0 Å². The van der Waals surface area contributed by atoms with Crippen LogP contribution in [0.25, 0.3) is 0 Å². The molecule has 0 spiro atoms. The first kappa shape index (κ1) is 19.6. The summed E-state index contributed by atoms with van der Waals surface area (Å²) >= 11 is 0. The van der Waals surface area contributed by atoms with Gasteiger partial charge in [-0.15, -0.1) is 0 Å². The minimum absolute atomic E-state index is 0.0669. The number of piperidine rings is 1. The molecule has 0 aliphatic carbocycles. The second kappa shape index (κ2) is 9.18. The molecule has 0 bridgehead atoms. The Labute approximate surface area is 172 Å². The van der Waals surface area contributed by atoms with Gasteiger partial charge in [-0.05, 0) is 62.1 Å². The fourth-order valence-electron chi connectivity index (χ4n) is 4.12. The lowest BCUT2D eigenvalue weighted by Crippen LogP contribution is -2.36. The Balaban J connectivity index is 1.32. The summed E-state index contributed by atoms with van der Waals surface area (Å²) in [5.41, 5.74) is 4.07. The number of nitrogens with zero attached hydrogens (tertiary/aromatic N) is 2. The first-order valence-electron chi connectivity index (χ1n) is 10.6. The molecule has 2 aromatic carbocycles. The van der Waals surface area contributed by atoms with Crippen molar-refractivity contribution in [3.8, 4) is 0 Å². The molecule has 6 heteroatoms. The van der Waals surface area contributed by atoms with Crippen molar-refractivity contribution in [1.29, 1.82) is 0 Å². The third-order valence-corrected chi connectivity index (χ3v) is 5.77. The normalized spacial score (nSPS) is 17.4. The van der Waals surface area contributed by atoms with Gasteiger partial charge in [-0.25, -0.2) is 0 Å². The van der Waals surface area contributed by atoms with E-state index >= 15 is 0 Å². The molecule has 0 radical (unpaired) electrons. The second-order valence-electron chi connectivity index (χ2n) is 7.88. The summed E-state index contributed by atoms with van der Waals surface area (Å²) in [6.07, 6.45) is 3.87. The zero-order chi connectivity index (χ0) is 20.1. The number of amides is 1. The summed E-state index contributed by atoms with van der Waals surface area (Å²) in [7, 11) is 0. The van der Waals surface area contributed by atoms with E-state index in [1.807, 2.05) is 30.3 Å². The van der Waals surface area contributed by atoms with Crippen LogP contribution in [0.4, 0.5) is 22.7 Å². The Morgan fingerprint density at radius 1 is 0.931 bits per heavy atom. The first-order chi connectivity index (χ1) is 14.2. The quantitative estimate of drug-likeness (QED) is 0.702. The number of para-hydroxylation sites is 2. The van der Waals surface area contributed by atoms with Crippen LogP contribution in [0.15, 0.2) is 48.5 Å². The molecule has 2 aliphatic heterocycles. The second-order valence-corrected chi connectivity index (χ2v) is 7.88. The Kier molecular flexibility index (Phi) is 6.20. The highest BCUT2D eigenvalue weighted by molar-refractivity contribution is 5.94. The van der Waals surface area contributed by atoms with Crippen LogP contribution in [0.3, 0.4) is 0 Å². The number of carbonyl (C=O) groups excluding carboxylic acids is 1. The molecule has 2 saturated heterocycles. The topological polar surface area (TPSA) is 67.8 Å². The smallest absolute Gasteiger partial charge is 0.243 e. The van der Waals surface area contributed by atoms with Gasteiger partial charge in [-0.2, -0.15) is 0 Å². The highest BCUT2D eigenvalue weighted by Gasteiger charge is 2.19. The fourth-order valence-corrected chi connectivity index (χ4v) is 4.12. The lowest BCUT2D eigenvalue weighted by molar-refractivity contribution is -0.114. The summed E-state index contributed by atoms with van der Waals surface area (Å²) in [6, 6.07) is 16.1. The van der Waals surface area contributed by atoms with E-state index in [2.05, 4.69) is 38.6 Å². The summed E-state index contributed by atoms with van der Waals surface area (Å²) < 4.78 is 0. The van der Waals surface area contributed by atoms with Gasteiger partial charge in [0.15, 0.2) is 0 Å². The molecule has 2 fully saturated rings. The minimum Gasteiger partial charge on any atom is -0.393 e. The minimum atomic E-state index is -0.200. The monoisotopic (exact) mass is 394 g/mol.